The molecule has 0 aliphatic heterocycles. The summed E-state index contributed by atoms with van der Waals surface area (Å²) in [6, 6.07) is 5.74. The SMILES string of the molecule is CN(C)CCCCC[C@H]1C[C@]2(C)CCCC2C2(CC=O)CCc3cc(NS(=O)(=O)O)ccc3C12. The summed E-state index contributed by atoms with van der Waals surface area (Å²) >= 11 is 0. The van der Waals surface area contributed by atoms with Crippen molar-refractivity contribution in [3.63, 3.8) is 0 Å². The van der Waals surface area contributed by atoms with E-state index in [-0.39, 0.29) is 5.41 Å². The summed E-state index contributed by atoms with van der Waals surface area (Å²) in [5.41, 5.74) is 3.20. The molecule has 1 aromatic carbocycles. The van der Waals surface area contributed by atoms with Crippen LogP contribution in [0.15, 0.2) is 18.2 Å². The topological polar surface area (TPSA) is 86.7 Å². The smallest absolute Gasteiger partial charge is 0.309 e. The molecule has 190 valence electrons. The lowest BCUT2D eigenvalue weighted by Crippen LogP contribution is -2.52. The molecule has 0 amide bonds. The van der Waals surface area contributed by atoms with Gasteiger partial charge in [0.15, 0.2) is 0 Å². The third kappa shape index (κ3) is 5.07. The van der Waals surface area contributed by atoms with Gasteiger partial charge in [0.05, 0.1) is 5.69 Å². The highest BCUT2D eigenvalue weighted by Crippen LogP contribution is 2.70. The van der Waals surface area contributed by atoms with E-state index in [1.807, 2.05) is 6.07 Å². The molecule has 3 aliphatic carbocycles. The molecule has 5 atom stereocenters. The Balaban J connectivity index is 1.68. The molecular weight excluding hydrogens is 448 g/mol. The minimum absolute atomic E-state index is 0.00452. The van der Waals surface area contributed by atoms with Crippen LogP contribution in [-0.2, 0) is 21.5 Å². The number of rotatable bonds is 10. The van der Waals surface area contributed by atoms with Gasteiger partial charge in [0.2, 0.25) is 0 Å². The second-order valence-electron chi connectivity index (χ2n) is 11.8. The standard InChI is InChI=1S/C27H42N2O4S/c1-26-13-7-9-24(26)27(15-17-30)14-12-20-18-22(28-34(31,32)33)10-11-23(20)25(27)21(19-26)8-5-4-6-16-29(2)3/h10-11,17-18,21,24-25,28H,4-9,12-16,19H2,1-3H3,(H,31,32,33)/t21-,24?,25?,26-,27?/m0/s1. The molecule has 3 aliphatic rings. The van der Waals surface area contributed by atoms with E-state index < -0.39 is 10.3 Å². The van der Waals surface area contributed by atoms with Gasteiger partial charge in [-0.2, -0.15) is 8.42 Å². The van der Waals surface area contributed by atoms with Gasteiger partial charge in [0.1, 0.15) is 6.29 Å². The van der Waals surface area contributed by atoms with Gasteiger partial charge >= 0.3 is 10.3 Å². The van der Waals surface area contributed by atoms with E-state index in [0.717, 1.165) is 19.4 Å². The van der Waals surface area contributed by atoms with Gasteiger partial charge in [-0.25, -0.2) is 0 Å². The van der Waals surface area contributed by atoms with Crippen molar-refractivity contribution >= 4 is 22.3 Å². The highest BCUT2D eigenvalue weighted by Gasteiger charge is 2.61. The van der Waals surface area contributed by atoms with Crippen molar-refractivity contribution in [1.29, 1.82) is 0 Å². The number of unbranched alkanes of at least 4 members (excludes halogenated alkanes) is 2. The number of benzene rings is 1. The number of nitrogens with one attached hydrogen (secondary N) is 1. The van der Waals surface area contributed by atoms with Crippen LogP contribution in [0.25, 0.3) is 0 Å². The Labute approximate surface area is 205 Å². The molecule has 2 fully saturated rings. The summed E-state index contributed by atoms with van der Waals surface area (Å²) in [4.78, 5) is 14.3. The Kier molecular flexibility index (Phi) is 7.47. The Morgan fingerprint density at radius 2 is 2.00 bits per heavy atom. The number of hydrogen-bond donors (Lipinski definition) is 2. The number of aryl methyl sites for hydroxylation is 1. The molecule has 2 saturated carbocycles. The largest absolute Gasteiger partial charge is 0.357 e. The van der Waals surface area contributed by atoms with Crippen LogP contribution in [0.1, 0.15) is 88.2 Å². The fourth-order valence-corrected chi connectivity index (χ4v) is 8.69. The third-order valence-corrected chi connectivity index (χ3v) is 9.82. The van der Waals surface area contributed by atoms with Crippen molar-refractivity contribution in [2.75, 3.05) is 25.4 Å². The van der Waals surface area contributed by atoms with Crippen LogP contribution in [0.2, 0.25) is 0 Å². The van der Waals surface area contributed by atoms with Crippen molar-refractivity contribution < 1.29 is 17.8 Å². The maximum atomic E-state index is 12.1. The first-order valence-electron chi connectivity index (χ1n) is 13.0. The number of carbonyl (C=O) groups is 1. The van der Waals surface area contributed by atoms with Gasteiger partial charge in [0, 0.05) is 6.42 Å². The molecule has 1 aromatic rings. The van der Waals surface area contributed by atoms with Crippen LogP contribution in [-0.4, -0.2) is 44.8 Å². The Morgan fingerprint density at radius 3 is 2.71 bits per heavy atom. The summed E-state index contributed by atoms with van der Waals surface area (Å²) in [6.45, 7) is 3.61. The molecule has 2 N–H and O–H groups in total. The summed E-state index contributed by atoms with van der Waals surface area (Å²) in [6.07, 6.45) is 13.4. The molecule has 0 radical (unpaired) electrons. The van der Waals surface area contributed by atoms with Crippen LogP contribution in [0.5, 0.6) is 0 Å². The zero-order chi connectivity index (χ0) is 24.6. The van der Waals surface area contributed by atoms with Crippen molar-refractivity contribution in [2.24, 2.45) is 22.7 Å². The van der Waals surface area contributed by atoms with Gasteiger partial charge in [-0.05, 0) is 117 Å². The molecule has 0 spiro atoms. The molecule has 4 rings (SSSR count). The van der Waals surface area contributed by atoms with Crippen LogP contribution < -0.4 is 4.72 Å². The maximum Gasteiger partial charge on any atom is 0.357 e. The van der Waals surface area contributed by atoms with E-state index >= 15 is 0 Å². The average molecular weight is 491 g/mol. The lowest BCUT2D eigenvalue weighted by atomic mass is 9.43. The van der Waals surface area contributed by atoms with E-state index in [9.17, 15) is 17.8 Å². The van der Waals surface area contributed by atoms with E-state index in [1.54, 1.807) is 6.07 Å². The van der Waals surface area contributed by atoms with Crippen molar-refractivity contribution in [3.05, 3.63) is 29.3 Å². The highest BCUT2D eigenvalue weighted by molar-refractivity contribution is 7.87. The normalized spacial score (nSPS) is 32.7. The lowest BCUT2D eigenvalue weighted by Gasteiger charge is -2.60. The summed E-state index contributed by atoms with van der Waals surface area (Å²) in [5.74, 6) is 1.45. The molecular formula is C27H42N2O4S. The van der Waals surface area contributed by atoms with E-state index in [2.05, 4.69) is 36.7 Å². The van der Waals surface area contributed by atoms with Crippen molar-refractivity contribution in [1.82, 2.24) is 4.90 Å². The molecule has 34 heavy (non-hydrogen) atoms. The Bertz CT molecular complexity index is 994. The maximum absolute atomic E-state index is 12.1. The van der Waals surface area contributed by atoms with Gasteiger partial charge in [0.25, 0.3) is 0 Å². The van der Waals surface area contributed by atoms with Gasteiger partial charge in [-0.1, -0.05) is 32.3 Å². The number of fused-ring (bicyclic) bond motifs is 5. The zero-order valence-electron chi connectivity index (χ0n) is 21.1. The van der Waals surface area contributed by atoms with Crippen molar-refractivity contribution in [3.8, 4) is 0 Å². The summed E-state index contributed by atoms with van der Waals surface area (Å²) < 4.78 is 34.2. The predicted octanol–water partition coefficient (Wildman–Crippen LogP) is 5.45. The quantitative estimate of drug-likeness (QED) is 0.259. The fourth-order valence-electron chi connectivity index (χ4n) is 8.27. The van der Waals surface area contributed by atoms with Gasteiger partial charge < -0.3 is 9.69 Å². The molecule has 3 unspecified atom stereocenters. The molecule has 6 nitrogen and oxygen atoms in total. The second-order valence-corrected chi connectivity index (χ2v) is 12.9. The minimum atomic E-state index is -4.30. The molecule has 0 heterocycles. The van der Waals surface area contributed by atoms with Crippen LogP contribution in [0.4, 0.5) is 5.69 Å². The van der Waals surface area contributed by atoms with E-state index in [1.165, 1.54) is 68.8 Å². The highest BCUT2D eigenvalue weighted by atomic mass is 32.2. The van der Waals surface area contributed by atoms with Crippen LogP contribution >= 0.6 is 0 Å². The molecule has 7 heteroatoms. The first-order valence-corrected chi connectivity index (χ1v) is 14.5. The number of carbonyl (C=O) groups excluding carboxylic acids is 1. The first-order chi connectivity index (χ1) is 16.1. The number of aldehydes is 1. The summed E-state index contributed by atoms with van der Waals surface area (Å²) in [5, 5.41) is 0. The van der Waals surface area contributed by atoms with Gasteiger partial charge in [-0.15, -0.1) is 0 Å². The lowest BCUT2D eigenvalue weighted by molar-refractivity contribution is -0.118. The summed E-state index contributed by atoms with van der Waals surface area (Å²) in [7, 11) is -0.0517. The zero-order valence-corrected chi connectivity index (χ0v) is 21.9. The number of nitrogens with zero attached hydrogens (tertiary/aromatic N) is 1. The minimum Gasteiger partial charge on any atom is -0.309 e. The van der Waals surface area contributed by atoms with Crippen LogP contribution in [0, 0.1) is 22.7 Å². The third-order valence-electron chi connectivity index (χ3n) is 9.32. The molecule has 0 bridgehead atoms. The Hall–Kier alpha value is -1.44. The number of anilines is 1. The van der Waals surface area contributed by atoms with Crippen LogP contribution in [0.3, 0.4) is 0 Å². The average Bonchev–Trinajstić information content (AvgIpc) is 3.14. The van der Waals surface area contributed by atoms with E-state index in [0.29, 0.717) is 35.3 Å². The monoisotopic (exact) mass is 490 g/mol. The Morgan fingerprint density at radius 1 is 1.21 bits per heavy atom. The first kappa shape index (κ1) is 25.6. The number of hydrogen-bond acceptors (Lipinski definition) is 4. The predicted molar refractivity (Wildman–Crippen MR) is 136 cm³/mol. The fraction of sp³-hybridized carbons (Fsp3) is 0.741. The molecule has 0 saturated heterocycles. The second kappa shape index (κ2) is 9.90. The molecule has 0 aromatic heterocycles. The van der Waals surface area contributed by atoms with E-state index in [4.69, 9.17) is 0 Å². The van der Waals surface area contributed by atoms with Crippen molar-refractivity contribution in [2.45, 2.75) is 83.5 Å². The van der Waals surface area contributed by atoms with Gasteiger partial charge in [-0.3, -0.25) is 9.27 Å².